The first-order valence-corrected chi connectivity index (χ1v) is 22.0. The molecular formula is C52H70N4+2. The average molecular weight is 751 g/mol. The third-order valence-corrected chi connectivity index (χ3v) is 11.0. The molecule has 0 saturated heterocycles. The highest BCUT2D eigenvalue weighted by Crippen LogP contribution is 2.36. The summed E-state index contributed by atoms with van der Waals surface area (Å²) in [6, 6.07) is 36.2. The van der Waals surface area contributed by atoms with Crippen LogP contribution in [0.15, 0.2) is 121 Å². The van der Waals surface area contributed by atoms with Gasteiger partial charge in [0.2, 0.25) is 17.1 Å². The Labute approximate surface area is 340 Å². The molecule has 0 fully saturated rings. The number of nitrogens with zero attached hydrogens (tertiary/aromatic N) is 4. The lowest BCUT2D eigenvalue weighted by Crippen LogP contribution is -2.26. The summed E-state index contributed by atoms with van der Waals surface area (Å²) >= 11 is 0. The highest BCUT2D eigenvalue weighted by Gasteiger charge is 2.23. The lowest BCUT2D eigenvalue weighted by molar-refractivity contribution is -0.527. The number of aryl methyl sites for hydroxylation is 2. The Kier molecular flexibility index (Phi) is 17.2. The molecule has 0 saturated carbocycles. The van der Waals surface area contributed by atoms with Crippen molar-refractivity contribution in [2.45, 2.75) is 119 Å². The first-order valence-electron chi connectivity index (χ1n) is 22.0. The number of rotatable bonds is 22. The number of hydrogen-bond donors (Lipinski definition) is 0. The van der Waals surface area contributed by atoms with Crippen LogP contribution in [0.25, 0.3) is 0 Å². The van der Waals surface area contributed by atoms with Crippen LogP contribution in [0.4, 0.5) is 34.1 Å². The largest absolute Gasteiger partial charge is 0.372 e. The van der Waals surface area contributed by atoms with Crippen LogP contribution in [0.2, 0.25) is 0 Å². The molecular weight excluding hydrogens is 681 g/mol. The van der Waals surface area contributed by atoms with Crippen molar-refractivity contribution in [2.75, 3.05) is 36.0 Å². The number of hydrogen-bond acceptors (Lipinski definition) is 2. The summed E-state index contributed by atoms with van der Waals surface area (Å²) in [5, 5.41) is 0. The van der Waals surface area contributed by atoms with Gasteiger partial charge >= 0.3 is 0 Å². The Hall–Kier alpha value is -4.70. The van der Waals surface area contributed by atoms with E-state index in [0.717, 1.165) is 48.9 Å². The number of benzene rings is 4. The van der Waals surface area contributed by atoms with Gasteiger partial charge in [0, 0.05) is 97.3 Å². The Morgan fingerprint density at radius 2 is 0.750 bits per heavy atom. The zero-order valence-electron chi connectivity index (χ0n) is 35.6. The van der Waals surface area contributed by atoms with Crippen molar-refractivity contribution in [3.8, 4) is 0 Å². The van der Waals surface area contributed by atoms with Gasteiger partial charge in [-0.2, -0.15) is 4.58 Å². The van der Waals surface area contributed by atoms with Crippen molar-refractivity contribution in [2.24, 2.45) is 0 Å². The summed E-state index contributed by atoms with van der Waals surface area (Å²) in [6.45, 7) is 18.0. The molecule has 4 aromatic rings. The van der Waals surface area contributed by atoms with Gasteiger partial charge in [0.1, 0.15) is 13.1 Å². The van der Waals surface area contributed by atoms with Crippen molar-refractivity contribution in [3.05, 3.63) is 132 Å². The summed E-state index contributed by atoms with van der Waals surface area (Å²) < 4.78 is 5.04. The van der Waals surface area contributed by atoms with Crippen LogP contribution in [0.3, 0.4) is 0 Å². The highest BCUT2D eigenvalue weighted by molar-refractivity contribution is 6.18. The molecule has 5 rings (SSSR count). The van der Waals surface area contributed by atoms with E-state index in [1.165, 1.54) is 111 Å². The maximum atomic E-state index is 2.61. The van der Waals surface area contributed by atoms with Gasteiger partial charge in [-0.25, -0.2) is 4.58 Å². The zero-order chi connectivity index (χ0) is 39.5. The Balaban J connectivity index is 1.55. The molecule has 0 N–H and O–H groups in total. The predicted molar refractivity (Wildman–Crippen MR) is 247 cm³/mol. The summed E-state index contributed by atoms with van der Waals surface area (Å²) in [7, 11) is 0. The second-order valence-electron chi connectivity index (χ2n) is 15.7. The van der Waals surface area contributed by atoms with Crippen LogP contribution < -0.4 is 14.4 Å². The molecule has 4 aromatic carbocycles. The molecule has 56 heavy (non-hydrogen) atoms. The van der Waals surface area contributed by atoms with Crippen molar-refractivity contribution >= 4 is 45.5 Å². The van der Waals surface area contributed by atoms with Crippen LogP contribution in [-0.2, 0) is 0 Å². The van der Waals surface area contributed by atoms with E-state index in [4.69, 9.17) is 0 Å². The minimum absolute atomic E-state index is 1.12. The smallest absolute Gasteiger partial charge is 0.212 e. The molecule has 0 atom stereocenters. The fraction of sp³-hybridized carbons (Fsp3) is 0.423. The normalized spacial score (nSPS) is 12.3. The van der Waals surface area contributed by atoms with E-state index in [0.29, 0.717) is 0 Å². The quantitative estimate of drug-likeness (QED) is 0.0451. The summed E-state index contributed by atoms with van der Waals surface area (Å²) in [5.41, 5.74) is 12.1. The minimum atomic E-state index is 1.12. The highest BCUT2D eigenvalue weighted by atomic mass is 15.1. The Morgan fingerprint density at radius 1 is 0.393 bits per heavy atom. The zero-order valence-corrected chi connectivity index (χ0v) is 35.6. The van der Waals surface area contributed by atoms with Gasteiger partial charge in [0.05, 0.1) is 0 Å². The van der Waals surface area contributed by atoms with E-state index in [-0.39, 0.29) is 0 Å². The standard InChI is InChI=1S/C52H70N4/c1-7-11-15-39-53(40-16-12-8-2)45-27-31-49(32-28-45)56(50-33-29-46(30-34-50)54(41-17-13-9-3)42-18-14-10-4)52-37-35-51(36-38-52)55(47-23-19-43(5)20-24-47)48-25-21-44(6)22-26-48/h19-38H,7-18,39-42H2,1-6H3/q+2. The average Bonchev–Trinajstić information content (AvgIpc) is 3.23. The molecule has 296 valence electrons. The van der Waals surface area contributed by atoms with Crippen LogP contribution >= 0.6 is 0 Å². The molecule has 4 nitrogen and oxygen atoms in total. The number of unbranched alkanes of at least 4 members (excludes halogenated alkanes) is 8. The van der Waals surface area contributed by atoms with E-state index in [2.05, 4.69) is 182 Å². The summed E-state index contributed by atoms with van der Waals surface area (Å²) in [5.74, 6) is 0. The summed E-state index contributed by atoms with van der Waals surface area (Å²) in [6.07, 6.45) is 24.4. The molecule has 1 aliphatic carbocycles. The Bertz CT molecular complexity index is 1790. The lowest BCUT2D eigenvalue weighted by atomic mass is 10.1. The van der Waals surface area contributed by atoms with Gasteiger partial charge in [-0.05, 0) is 88.1 Å². The molecule has 0 aliphatic heterocycles. The molecule has 0 spiro atoms. The molecule has 0 unspecified atom stereocenters. The number of anilines is 4. The van der Waals surface area contributed by atoms with Crippen molar-refractivity contribution in [1.29, 1.82) is 0 Å². The van der Waals surface area contributed by atoms with Crippen LogP contribution in [-0.4, -0.2) is 42.2 Å². The van der Waals surface area contributed by atoms with Crippen LogP contribution in [0.5, 0.6) is 0 Å². The van der Waals surface area contributed by atoms with Crippen molar-refractivity contribution in [3.63, 3.8) is 0 Å². The van der Waals surface area contributed by atoms with E-state index >= 15 is 0 Å². The van der Waals surface area contributed by atoms with Gasteiger partial charge in [0.15, 0.2) is 5.71 Å². The van der Waals surface area contributed by atoms with E-state index < -0.39 is 0 Å². The molecule has 0 heterocycles. The SMILES string of the molecule is CCCCCN(CCCCC)c1ccc([N+](=C2C=CC(=[N+](CCCCC)CCCCC)C=C2)c2ccc(N(c3ccc(C)cc3)c3ccc(C)cc3)cc2)cc1. The first kappa shape index (κ1) is 42.4. The topological polar surface area (TPSA) is 12.5 Å². The molecule has 0 aromatic heterocycles. The molecule has 4 heteroatoms. The van der Waals surface area contributed by atoms with E-state index in [9.17, 15) is 0 Å². The maximum Gasteiger partial charge on any atom is 0.212 e. The van der Waals surface area contributed by atoms with Gasteiger partial charge in [-0.15, -0.1) is 0 Å². The van der Waals surface area contributed by atoms with Gasteiger partial charge in [0.25, 0.3) is 0 Å². The molecule has 1 aliphatic rings. The number of allylic oxidation sites excluding steroid dienone is 4. The van der Waals surface area contributed by atoms with E-state index in [1.807, 2.05) is 0 Å². The Morgan fingerprint density at radius 3 is 1.16 bits per heavy atom. The second kappa shape index (κ2) is 22.8. The first-order chi connectivity index (χ1) is 27.4. The molecule has 0 radical (unpaired) electrons. The third-order valence-electron chi connectivity index (χ3n) is 11.0. The van der Waals surface area contributed by atoms with Crippen LogP contribution in [0, 0.1) is 13.8 Å². The lowest BCUT2D eigenvalue weighted by Gasteiger charge is -2.26. The van der Waals surface area contributed by atoms with Crippen molar-refractivity contribution < 1.29 is 4.58 Å². The van der Waals surface area contributed by atoms with Gasteiger partial charge in [-0.3, -0.25) is 0 Å². The van der Waals surface area contributed by atoms with Gasteiger partial charge < -0.3 is 9.80 Å². The van der Waals surface area contributed by atoms with Crippen molar-refractivity contribution in [1.82, 2.24) is 4.58 Å². The summed E-state index contributed by atoms with van der Waals surface area (Å²) in [4.78, 5) is 4.97. The predicted octanol–water partition coefficient (Wildman–Crippen LogP) is 14.2. The second-order valence-corrected chi connectivity index (χ2v) is 15.7. The third kappa shape index (κ3) is 12.1. The fourth-order valence-electron chi connectivity index (χ4n) is 7.61. The maximum absolute atomic E-state index is 2.61. The monoisotopic (exact) mass is 751 g/mol. The minimum Gasteiger partial charge on any atom is -0.372 e. The molecule has 0 bridgehead atoms. The van der Waals surface area contributed by atoms with E-state index in [1.54, 1.807) is 0 Å². The van der Waals surface area contributed by atoms with Gasteiger partial charge in [-0.1, -0.05) is 102 Å². The van der Waals surface area contributed by atoms with Crippen LogP contribution in [0.1, 0.15) is 116 Å². The molecule has 0 amide bonds. The fourth-order valence-corrected chi connectivity index (χ4v) is 7.61.